The van der Waals surface area contributed by atoms with Crippen molar-refractivity contribution in [3.63, 3.8) is 0 Å². The minimum Gasteiger partial charge on any atom is -0.377 e. The average Bonchev–Trinajstić information content (AvgIpc) is 3.34. The van der Waals surface area contributed by atoms with Crippen molar-refractivity contribution in [2.75, 3.05) is 18.5 Å². The molecule has 30 heavy (non-hydrogen) atoms. The number of benzene rings is 1. The standard InChI is InChI=1S/C20H15ClFN5O2S/c21-14-2-1-3-15(22)19(14)26-18-4-11-6-24-27(16(11)7-23-18)13-5-17(30-10-13)20(28)25-12-8-29-9-12/h1-7,10,12H,8-9H2,(H,23,26)(H,25,28). The van der Waals surface area contributed by atoms with E-state index < -0.39 is 5.82 Å². The van der Waals surface area contributed by atoms with Crippen LogP contribution in [0.2, 0.25) is 5.02 Å². The van der Waals surface area contributed by atoms with Crippen LogP contribution in [0.5, 0.6) is 0 Å². The molecule has 0 unspecified atom stereocenters. The summed E-state index contributed by atoms with van der Waals surface area (Å²) in [5, 5.41) is 13.2. The van der Waals surface area contributed by atoms with Crippen molar-refractivity contribution < 1.29 is 13.9 Å². The van der Waals surface area contributed by atoms with Crippen molar-refractivity contribution in [3.05, 3.63) is 63.8 Å². The largest absolute Gasteiger partial charge is 0.377 e. The summed E-state index contributed by atoms with van der Waals surface area (Å²) in [6.07, 6.45) is 3.33. The van der Waals surface area contributed by atoms with Crippen LogP contribution in [-0.4, -0.2) is 39.9 Å². The number of carbonyl (C=O) groups is 1. The number of carbonyl (C=O) groups excluding carboxylic acids is 1. The molecule has 4 aromatic rings. The number of nitrogens with one attached hydrogen (secondary N) is 2. The lowest BCUT2D eigenvalue weighted by Crippen LogP contribution is -2.48. The molecule has 1 fully saturated rings. The lowest BCUT2D eigenvalue weighted by molar-refractivity contribution is -0.00338. The number of fused-ring (bicyclic) bond motifs is 1. The molecule has 1 amide bonds. The smallest absolute Gasteiger partial charge is 0.261 e. The van der Waals surface area contributed by atoms with Crippen LogP contribution in [0.4, 0.5) is 15.9 Å². The molecule has 0 saturated carbocycles. The van der Waals surface area contributed by atoms with Crippen molar-refractivity contribution in [1.82, 2.24) is 20.1 Å². The van der Waals surface area contributed by atoms with Gasteiger partial charge in [-0.1, -0.05) is 17.7 Å². The van der Waals surface area contributed by atoms with E-state index in [1.807, 2.05) is 5.38 Å². The highest BCUT2D eigenvalue weighted by Gasteiger charge is 2.22. The maximum Gasteiger partial charge on any atom is 0.261 e. The Labute approximate surface area is 179 Å². The first-order valence-electron chi connectivity index (χ1n) is 9.11. The number of hydrogen-bond acceptors (Lipinski definition) is 6. The fourth-order valence-electron chi connectivity index (χ4n) is 3.08. The van der Waals surface area contributed by atoms with Gasteiger partial charge in [0, 0.05) is 10.8 Å². The molecule has 7 nitrogen and oxygen atoms in total. The monoisotopic (exact) mass is 443 g/mol. The molecular weight excluding hydrogens is 429 g/mol. The first-order valence-corrected chi connectivity index (χ1v) is 10.4. The van der Waals surface area contributed by atoms with E-state index in [9.17, 15) is 9.18 Å². The summed E-state index contributed by atoms with van der Waals surface area (Å²) in [7, 11) is 0. The zero-order valence-corrected chi connectivity index (χ0v) is 17.0. The second-order valence-corrected chi connectivity index (χ2v) is 8.10. The number of anilines is 2. The molecule has 5 rings (SSSR count). The van der Waals surface area contributed by atoms with Crippen molar-refractivity contribution >= 4 is 51.3 Å². The van der Waals surface area contributed by atoms with Crippen molar-refractivity contribution in [3.8, 4) is 5.69 Å². The van der Waals surface area contributed by atoms with Gasteiger partial charge in [0.1, 0.15) is 11.6 Å². The van der Waals surface area contributed by atoms with E-state index >= 15 is 0 Å². The minimum atomic E-state index is -0.461. The second-order valence-electron chi connectivity index (χ2n) is 6.78. The van der Waals surface area contributed by atoms with Crippen LogP contribution < -0.4 is 10.6 Å². The highest BCUT2D eigenvalue weighted by molar-refractivity contribution is 7.12. The molecule has 10 heteroatoms. The molecule has 2 N–H and O–H groups in total. The number of hydrogen-bond donors (Lipinski definition) is 2. The van der Waals surface area contributed by atoms with Crippen LogP contribution in [0.25, 0.3) is 16.6 Å². The zero-order valence-electron chi connectivity index (χ0n) is 15.4. The molecule has 0 radical (unpaired) electrons. The Hall–Kier alpha value is -3.01. The fourth-order valence-corrected chi connectivity index (χ4v) is 4.06. The topological polar surface area (TPSA) is 81.1 Å². The Balaban J connectivity index is 1.40. The van der Waals surface area contributed by atoms with Crippen LogP contribution in [0.15, 0.2) is 48.1 Å². The second kappa shape index (κ2) is 7.67. The Morgan fingerprint density at radius 1 is 1.30 bits per heavy atom. The van der Waals surface area contributed by atoms with Crippen LogP contribution in [0, 0.1) is 5.82 Å². The van der Waals surface area contributed by atoms with Gasteiger partial charge in [-0.2, -0.15) is 5.10 Å². The van der Waals surface area contributed by atoms with Crippen molar-refractivity contribution in [2.24, 2.45) is 0 Å². The van der Waals surface area contributed by atoms with Crippen molar-refractivity contribution in [2.45, 2.75) is 6.04 Å². The number of ether oxygens (including phenoxy) is 1. The van der Waals surface area contributed by atoms with Crippen molar-refractivity contribution in [1.29, 1.82) is 0 Å². The third-order valence-electron chi connectivity index (χ3n) is 4.70. The number of para-hydroxylation sites is 1. The number of rotatable bonds is 5. The molecule has 1 aliphatic heterocycles. The third-order valence-corrected chi connectivity index (χ3v) is 5.93. The van der Waals surface area contributed by atoms with Crippen LogP contribution in [0.1, 0.15) is 9.67 Å². The average molecular weight is 444 g/mol. The number of thiophene rings is 1. The molecule has 0 bridgehead atoms. The van der Waals surface area contributed by atoms with Gasteiger partial charge in [-0.15, -0.1) is 11.3 Å². The Morgan fingerprint density at radius 2 is 2.17 bits per heavy atom. The molecular formula is C20H15ClFN5O2S. The summed E-state index contributed by atoms with van der Waals surface area (Å²) >= 11 is 7.42. The van der Waals surface area contributed by atoms with E-state index in [0.717, 1.165) is 16.6 Å². The molecule has 0 spiro atoms. The number of nitrogens with zero attached hydrogens (tertiary/aromatic N) is 3. The Morgan fingerprint density at radius 3 is 2.93 bits per heavy atom. The van der Waals surface area contributed by atoms with E-state index in [1.165, 1.54) is 17.4 Å². The summed E-state index contributed by atoms with van der Waals surface area (Å²) in [5.41, 5.74) is 1.70. The van der Waals surface area contributed by atoms with E-state index in [-0.39, 0.29) is 22.7 Å². The number of aromatic nitrogens is 3. The maximum atomic E-state index is 14.0. The van der Waals surface area contributed by atoms with Gasteiger partial charge in [0.15, 0.2) is 0 Å². The van der Waals surface area contributed by atoms with Gasteiger partial charge < -0.3 is 15.4 Å². The first kappa shape index (κ1) is 19.0. The Bertz CT molecular complexity index is 1230. The molecule has 4 heterocycles. The number of halogens is 2. The number of pyridine rings is 1. The number of amides is 1. The van der Waals surface area contributed by atoms with Gasteiger partial charge in [-0.25, -0.2) is 14.1 Å². The first-order chi connectivity index (χ1) is 14.6. The fraction of sp³-hybridized carbons (Fsp3) is 0.150. The quantitative estimate of drug-likeness (QED) is 0.484. The van der Waals surface area contributed by atoms with E-state index in [2.05, 4.69) is 20.7 Å². The van der Waals surface area contributed by atoms with E-state index in [0.29, 0.717) is 23.9 Å². The summed E-state index contributed by atoms with van der Waals surface area (Å²) < 4.78 is 20.8. The zero-order chi connectivity index (χ0) is 20.7. The SMILES string of the molecule is O=C(NC1COC1)c1cc(-n2ncc3cc(Nc4c(F)cccc4Cl)ncc32)cs1. The van der Waals surface area contributed by atoms with Gasteiger partial charge in [0.2, 0.25) is 0 Å². The molecule has 0 atom stereocenters. The molecule has 0 aliphatic carbocycles. The summed E-state index contributed by atoms with van der Waals surface area (Å²) in [5.74, 6) is -0.137. The maximum absolute atomic E-state index is 14.0. The van der Waals surface area contributed by atoms with Crippen LogP contribution in [-0.2, 0) is 4.74 Å². The lowest BCUT2D eigenvalue weighted by Gasteiger charge is -2.26. The molecule has 1 aliphatic rings. The minimum absolute atomic E-state index is 0.0756. The predicted octanol–water partition coefficient (Wildman–Crippen LogP) is 4.15. The van der Waals surface area contributed by atoms with Gasteiger partial charge in [0.25, 0.3) is 5.91 Å². The summed E-state index contributed by atoms with van der Waals surface area (Å²) in [4.78, 5) is 17.3. The van der Waals surface area contributed by atoms with Gasteiger partial charge in [-0.05, 0) is 24.3 Å². The van der Waals surface area contributed by atoms with E-state index in [4.69, 9.17) is 16.3 Å². The van der Waals surface area contributed by atoms with Gasteiger partial charge in [-0.3, -0.25) is 4.79 Å². The van der Waals surface area contributed by atoms with Gasteiger partial charge in [0.05, 0.1) is 58.4 Å². The molecule has 1 saturated heterocycles. The third kappa shape index (κ3) is 3.51. The predicted molar refractivity (Wildman–Crippen MR) is 114 cm³/mol. The van der Waals surface area contributed by atoms with Crippen LogP contribution >= 0.6 is 22.9 Å². The highest BCUT2D eigenvalue weighted by Crippen LogP contribution is 2.29. The lowest BCUT2D eigenvalue weighted by atomic mass is 10.2. The summed E-state index contributed by atoms with van der Waals surface area (Å²) in [6, 6.07) is 8.10. The van der Waals surface area contributed by atoms with E-state index in [1.54, 1.807) is 41.3 Å². The summed E-state index contributed by atoms with van der Waals surface area (Å²) in [6.45, 7) is 1.10. The molecule has 1 aromatic carbocycles. The normalized spacial score (nSPS) is 13.9. The Kier molecular flexibility index (Phi) is 4.86. The van der Waals surface area contributed by atoms with Crippen LogP contribution in [0.3, 0.4) is 0 Å². The molecule has 3 aromatic heterocycles. The van der Waals surface area contributed by atoms with Gasteiger partial charge >= 0.3 is 0 Å². The molecule has 152 valence electrons. The highest BCUT2D eigenvalue weighted by atomic mass is 35.5.